The molecule has 0 atom stereocenters. The van der Waals surface area contributed by atoms with Crippen molar-refractivity contribution in [3.8, 4) is 0 Å². The van der Waals surface area contributed by atoms with Gasteiger partial charge in [0.05, 0.1) is 0 Å². The van der Waals surface area contributed by atoms with Crippen LogP contribution in [0.25, 0.3) is 0 Å². The van der Waals surface area contributed by atoms with Crippen molar-refractivity contribution in [3.05, 3.63) is 71.8 Å². The van der Waals surface area contributed by atoms with E-state index in [0.29, 0.717) is 12.6 Å². The van der Waals surface area contributed by atoms with Crippen LogP contribution >= 0.6 is 0 Å². The molecule has 1 aliphatic rings. The maximum atomic E-state index is 12.9. The SMILES string of the molecule is CN(CCOC(=O)C(c1ccccc1)c1ccccc1)C1CCCCC1. The summed E-state index contributed by atoms with van der Waals surface area (Å²) < 4.78 is 5.69. The molecule has 0 aromatic heterocycles. The highest BCUT2D eigenvalue weighted by molar-refractivity contribution is 5.82. The van der Waals surface area contributed by atoms with Crippen LogP contribution in [0, 0.1) is 0 Å². The highest BCUT2D eigenvalue weighted by Gasteiger charge is 2.24. The molecule has 3 nitrogen and oxygen atoms in total. The lowest BCUT2D eigenvalue weighted by Crippen LogP contribution is -2.36. The fraction of sp³-hybridized carbons (Fsp3) is 0.435. The van der Waals surface area contributed by atoms with Crippen molar-refractivity contribution in [2.75, 3.05) is 20.2 Å². The third-order valence-corrected chi connectivity index (χ3v) is 5.39. The normalized spacial score (nSPS) is 15.3. The Morgan fingerprint density at radius 2 is 1.50 bits per heavy atom. The molecule has 3 heteroatoms. The molecule has 0 radical (unpaired) electrons. The van der Waals surface area contributed by atoms with E-state index in [-0.39, 0.29) is 11.9 Å². The van der Waals surface area contributed by atoms with E-state index in [1.165, 1.54) is 32.1 Å². The largest absolute Gasteiger partial charge is 0.464 e. The summed E-state index contributed by atoms with van der Waals surface area (Å²) in [5, 5.41) is 0. The van der Waals surface area contributed by atoms with Gasteiger partial charge in [0.15, 0.2) is 0 Å². The van der Waals surface area contributed by atoms with Crippen molar-refractivity contribution in [2.45, 2.75) is 44.1 Å². The van der Waals surface area contributed by atoms with Gasteiger partial charge in [0, 0.05) is 12.6 Å². The second-order valence-corrected chi connectivity index (χ2v) is 7.19. The molecule has 1 aliphatic carbocycles. The van der Waals surface area contributed by atoms with Gasteiger partial charge in [-0.25, -0.2) is 0 Å². The van der Waals surface area contributed by atoms with Crippen LogP contribution in [0.15, 0.2) is 60.7 Å². The van der Waals surface area contributed by atoms with E-state index in [1.54, 1.807) is 0 Å². The summed E-state index contributed by atoms with van der Waals surface area (Å²) in [4.78, 5) is 15.2. The summed E-state index contributed by atoms with van der Waals surface area (Å²) in [6.07, 6.45) is 6.52. The predicted octanol–water partition coefficient (Wildman–Crippen LogP) is 4.63. The number of hydrogen-bond acceptors (Lipinski definition) is 3. The van der Waals surface area contributed by atoms with Crippen molar-refractivity contribution in [1.29, 1.82) is 0 Å². The zero-order valence-electron chi connectivity index (χ0n) is 15.6. The lowest BCUT2D eigenvalue weighted by molar-refractivity contribution is -0.144. The summed E-state index contributed by atoms with van der Waals surface area (Å²) in [5.41, 5.74) is 1.95. The van der Waals surface area contributed by atoms with E-state index in [4.69, 9.17) is 4.74 Å². The first-order valence-electron chi connectivity index (χ1n) is 9.72. The predicted molar refractivity (Wildman–Crippen MR) is 105 cm³/mol. The minimum Gasteiger partial charge on any atom is -0.464 e. The van der Waals surface area contributed by atoms with E-state index >= 15 is 0 Å². The van der Waals surface area contributed by atoms with Gasteiger partial charge >= 0.3 is 5.97 Å². The van der Waals surface area contributed by atoms with Gasteiger partial charge in [-0.2, -0.15) is 0 Å². The van der Waals surface area contributed by atoms with Gasteiger partial charge in [-0.15, -0.1) is 0 Å². The number of esters is 1. The van der Waals surface area contributed by atoms with Gasteiger partial charge in [0.1, 0.15) is 12.5 Å². The van der Waals surface area contributed by atoms with Gasteiger partial charge in [-0.05, 0) is 31.0 Å². The Bertz CT molecular complexity index is 626. The Hall–Kier alpha value is -2.13. The fourth-order valence-corrected chi connectivity index (χ4v) is 3.83. The minimum absolute atomic E-state index is 0.167. The lowest BCUT2D eigenvalue weighted by Gasteiger charge is -2.31. The third-order valence-electron chi connectivity index (χ3n) is 5.39. The Balaban J connectivity index is 1.61. The van der Waals surface area contributed by atoms with Gasteiger partial charge in [-0.1, -0.05) is 79.9 Å². The number of benzene rings is 2. The third kappa shape index (κ3) is 4.95. The molecule has 0 spiro atoms. The molecule has 0 bridgehead atoms. The molecule has 1 saturated carbocycles. The zero-order chi connectivity index (χ0) is 18.2. The van der Waals surface area contributed by atoms with Crippen LogP contribution in [0.1, 0.15) is 49.1 Å². The molecule has 2 aromatic carbocycles. The van der Waals surface area contributed by atoms with Crippen LogP contribution in [-0.2, 0) is 9.53 Å². The zero-order valence-corrected chi connectivity index (χ0v) is 15.6. The molecule has 0 heterocycles. The van der Waals surface area contributed by atoms with E-state index in [1.807, 2.05) is 60.7 Å². The van der Waals surface area contributed by atoms with E-state index < -0.39 is 0 Å². The standard InChI is InChI=1S/C23H29NO2/c1-24(21-15-9-4-10-16-21)17-18-26-23(25)22(19-11-5-2-6-12-19)20-13-7-3-8-14-20/h2-3,5-8,11-14,21-22H,4,9-10,15-18H2,1H3. The molecule has 0 amide bonds. The highest BCUT2D eigenvalue weighted by atomic mass is 16.5. The van der Waals surface area contributed by atoms with Crippen molar-refractivity contribution >= 4 is 5.97 Å². The Labute approximate surface area is 157 Å². The number of nitrogens with zero attached hydrogens (tertiary/aromatic N) is 1. The van der Waals surface area contributed by atoms with Gasteiger partial charge in [0.2, 0.25) is 0 Å². The monoisotopic (exact) mass is 351 g/mol. The molecule has 2 aromatic rings. The molecule has 0 unspecified atom stereocenters. The van der Waals surface area contributed by atoms with Crippen LogP contribution in [0.5, 0.6) is 0 Å². The van der Waals surface area contributed by atoms with E-state index in [2.05, 4.69) is 11.9 Å². The average Bonchev–Trinajstić information content (AvgIpc) is 2.70. The highest BCUT2D eigenvalue weighted by Crippen LogP contribution is 2.26. The number of carbonyl (C=O) groups is 1. The molecular weight excluding hydrogens is 322 g/mol. The Morgan fingerprint density at radius 1 is 0.962 bits per heavy atom. The summed E-state index contributed by atoms with van der Waals surface area (Å²) in [7, 11) is 2.15. The molecular formula is C23H29NO2. The van der Waals surface area contributed by atoms with Crippen LogP contribution in [-0.4, -0.2) is 37.1 Å². The Morgan fingerprint density at radius 3 is 2.04 bits per heavy atom. The average molecular weight is 351 g/mol. The molecule has 0 saturated heterocycles. The Kier molecular flexibility index (Phi) is 6.84. The number of ether oxygens (including phenoxy) is 1. The van der Waals surface area contributed by atoms with Gasteiger partial charge in [-0.3, -0.25) is 4.79 Å². The van der Waals surface area contributed by atoms with Crippen LogP contribution in [0.4, 0.5) is 0 Å². The van der Waals surface area contributed by atoms with E-state index in [9.17, 15) is 4.79 Å². The lowest BCUT2D eigenvalue weighted by atomic mass is 9.91. The smallest absolute Gasteiger partial charge is 0.317 e. The maximum Gasteiger partial charge on any atom is 0.317 e. The summed E-state index contributed by atoms with van der Waals surface area (Å²) in [5.74, 6) is -0.531. The van der Waals surface area contributed by atoms with Crippen molar-refractivity contribution < 1.29 is 9.53 Å². The summed E-state index contributed by atoms with van der Waals surface area (Å²) >= 11 is 0. The van der Waals surface area contributed by atoms with Gasteiger partial charge in [0.25, 0.3) is 0 Å². The minimum atomic E-state index is -0.364. The summed E-state index contributed by atoms with van der Waals surface area (Å²) in [6.45, 7) is 1.24. The summed E-state index contributed by atoms with van der Waals surface area (Å²) in [6, 6.07) is 20.4. The van der Waals surface area contributed by atoms with E-state index in [0.717, 1.165) is 17.7 Å². The van der Waals surface area contributed by atoms with Crippen molar-refractivity contribution in [1.82, 2.24) is 4.90 Å². The van der Waals surface area contributed by atoms with Crippen molar-refractivity contribution in [2.24, 2.45) is 0 Å². The van der Waals surface area contributed by atoms with Crippen LogP contribution < -0.4 is 0 Å². The molecule has 0 N–H and O–H groups in total. The quantitative estimate of drug-likeness (QED) is 0.681. The molecule has 138 valence electrons. The maximum absolute atomic E-state index is 12.9. The number of likely N-dealkylation sites (N-methyl/N-ethyl adjacent to an activating group) is 1. The molecule has 1 fully saturated rings. The fourth-order valence-electron chi connectivity index (χ4n) is 3.83. The second-order valence-electron chi connectivity index (χ2n) is 7.19. The van der Waals surface area contributed by atoms with Crippen LogP contribution in [0.2, 0.25) is 0 Å². The number of hydrogen-bond donors (Lipinski definition) is 0. The molecule has 0 aliphatic heterocycles. The first-order valence-corrected chi connectivity index (χ1v) is 9.72. The van der Waals surface area contributed by atoms with Crippen LogP contribution in [0.3, 0.4) is 0 Å². The number of carbonyl (C=O) groups excluding carboxylic acids is 1. The second kappa shape index (κ2) is 9.54. The molecule has 26 heavy (non-hydrogen) atoms. The van der Waals surface area contributed by atoms with Crippen molar-refractivity contribution in [3.63, 3.8) is 0 Å². The topological polar surface area (TPSA) is 29.5 Å². The number of rotatable bonds is 7. The first kappa shape index (κ1) is 18.7. The first-order chi connectivity index (χ1) is 12.8. The van der Waals surface area contributed by atoms with Gasteiger partial charge < -0.3 is 9.64 Å². The molecule has 3 rings (SSSR count).